The molecule has 0 unspecified atom stereocenters. The summed E-state index contributed by atoms with van der Waals surface area (Å²) in [5.74, 6) is 5.33. The highest BCUT2D eigenvalue weighted by Gasteiger charge is 2.34. The van der Waals surface area contributed by atoms with Gasteiger partial charge in [-0.1, -0.05) is 20.8 Å². The molecule has 0 amide bonds. The van der Waals surface area contributed by atoms with E-state index < -0.39 is 11.9 Å². The van der Waals surface area contributed by atoms with Crippen molar-refractivity contribution in [1.29, 1.82) is 5.26 Å². The average Bonchev–Trinajstić information content (AvgIpc) is 2.25. The zero-order chi connectivity index (χ0) is 14.8. The highest BCUT2D eigenvalue weighted by molar-refractivity contribution is 5.35. The minimum Gasteiger partial charge on any atom is -0.278 e. The first-order valence-electron chi connectivity index (χ1n) is 5.41. The van der Waals surface area contributed by atoms with Crippen LogP contribution in [0, 0.1) is 16.7 Å². The van der Waals surface area contributed by atoms with E-state index in [4.69, 9.17) is 11.1 Å². The summed E-state index contributed by atoms with van der Waals surface area (Å²) in [5.41, 5.74) is -1.81. The lowest BCUT2D eigenvalue weighted by molar-refractivity contribution is -0.141. The molecule has 1 aromatic rings. The smallest absolute Gasteiger partial charge is 0.278 e. The average molecular weight is 273 g/mol. The highest BCUT2D eigenvalue weighted by Crippen LogP contribution is 2.29. The number of alkyl halides is 3. The number of hydrazine groups is 1. The lowest BCUT2D eigenvalue weighted by atomic mass is 9.97. The SMILES string of the molecule is CC(C)(C)CN(N)c1nc(C#N)cc(C(F)(F)F)n1. The molecular weight excluding hydrogens is 259 g/mol. The second-order valence-electron chi connectivity index (χ2n) is 5.24. The fourth-order valence-electron chi connectivity index (χ4n) is 1.35. The van der Waals surface area contributed by atoms with Crippen LogP contribution in [0.25, 0.3) is 0 Å². The van der Waals surface area contributed by atoms with Crippen LogP contribution < -0.4 is 10.9 Å². The highest BCUT2D eigenvalue weighted by atomic mass is 19.4. The van der Waals surface area contributed by atoms with E-state index in [-0.39, 0.29) is 23.6 Å². The summed E-state index contributed by atoms with van der Waals surface area (Å²) in [5, 5.41) is 9.71. The van der Waals surface area contributed by atoms with Crippen LogP contribution in [0.15, 0.2) is 6.07 Å². The van der Waals surface area contributed by atoms with Crippen molar-refractivity contribution in [3.8, 4) is 6.07 Å². The van der Waals surface area contributed by atoms with Crippen molar-refractivity contribution in [1.82, 2.24) is 9.97 Å². The maximum absolute atomic E-state index is 12.6. The van der Waals surface area contributed by atoms with E-state index in [1.54, 1.807) is 6.07 Å². The molecule has 0 aromatic carbocycles. The Morgan fingerprint density at radius 3 is 2.32 bits per heavy atom. The van der Waals surface area contributed by atoms with Crippen LogP contribution in [0.5, 0.6) is 0 Å². The molecule has 19 heavy (non-hydrogen) atoms. The third kappa shape index (κ3) is 4.37. The van der Waals surface area contributed by atoms with Gasteiger partial charge in [-0.2, -0.15) is 18.4 Å². The van der Waals surface area contributed by atoms with E-state index in [1.165, 1.54) is 0 Å². The number of nitriles is 1. The van der Waals surface area contributed by atoms with Crippen LogP contribution in [0.3, 0.4) is 0 Å². The molecule has 1 rings (SSSR count). The summed E-state index contributed by atoms with van der Waals surface area (Å²) >= 11 is 0. The maximum Gasteiger partial charge on any atom is 0.433 e. The van der Waals surface area contributed by atoms with Gasteiger partial charge in [0.25, 0.3) is 0 Å². The summed E-state index contributed by atoms with van der Waals surface area (Å²) in [7, 11) is 0. The van der Waals surface area contributed by atoms with Crippen LogP contribution >= 0.6 is 0 Å². The predicted molar refractivity (Wildman–Crippen MR) is 62.7 cm³/mol. The van der Waals surface area contributed by atoms with Gasteiger partial charge in [-0.15, -0.1) is 0 Å². The largest absolute Gasteiger partial charge is 0.433 e. The molecule has 8 heteroatoms. The van der Waals surface area contributed by atoms with E-state index in [0.29, 0.717) is 6.07 Å². The van der Waals surface area contributed by atoms with Crippen molar-refractivity contribution < 1.29 is 13.2 Å². The van der Waals surface area contributed by atoms with Crippen molar-refractivity contribution in [2.24, 2.45) is 11.3 Å². The number of nitrogens with zero attached hydrogens (tertiary/aromatic N) is 4. The van der Waals surface area contributed by atoms with Crippen molar-refractivity contribution in [2.75, 3.05) is 11.6 Å². The number of halogens is 3. The van der Waals surface area contributed by atoms with Gasteiger partial charge in [-0.05, 0) is 5.41 Å². The first-order chi connectivity index (χ1) is 8.53. The summed E-state index contributed by atoms with van der Waals surface area (Å²) in [4.78, 5) is 7.03. The molecule has 0 bridgehead atoms. The topological polar surface area (TPSA) is 78.8 Å². The van der Waals surface area contributed by atoms with Gasteiger partial charge in [0.2, 0.25) is 5.95 Å². The van der Waals surface area contributed by atoms with Gasteiger partial charge in [0.1, 0.15) is 11.8 Å². The lowest BCUT2D eigenvalue weighted by Gasteiger charge is -2.26. The minimum atomic E-state index is -4.65. The Labute approximate surface area is 108 Å². The van der Waals surface area contributed by atoms with Crippen LogP contribution in [0.2, 0.25) is 0 Å². The van der Waals surface area contributed by atoms with Gasteiger partial charge in [0.15, 0.2) is 5.69 Å². The molecule has 2 N–H and O–H groups in total. The predicted octanol–water partition coefficient (Wildman–Crippen LogP) is 2.09. The van der Waals surface area contributed by atoms with Crippen LogP contribution in [-0.2, 0) is 6.18 Å². The molecule has 0 aliphatic carbocycles. The number of nitrogens with two attached hydrogens (primary N) is 1. The Bertz CT molecular complexity index is 499. The fraction of sp³-hybridized carbons (Fsp3) is 0.545. The second-order valence-corrected chi connectivity index (χ2v) is 5.24. The first-order valence-corrected chi connectivity index (χ1v) is 5.41. The molecule has 0 atom stereocenters. The van der Waals surface area contributed by atoms with E-state index in [1.807, 2.05) is 20.8 Å². The molecule has 1 heterocycles. The number of hydrogen-bond acceptors (Lipinski definition) is 5. The van der Waals surface area contributed by atoms with Gasteiger partial charge >= 0.3 is 6.18 Å². The summed E-state index contributed by atoms with van der Waals surface area (Å²) in [6.45, 7) is 5.85. The Morgan fingerprint density at radius 2 is 1.89 bits per heavy atom. The second kappa shape index (κ2) is 5.01. The van der Waals surface area contributed by atoms with Crippen molar-refractivity contribution in [3.05, 3.63) is 17.5 Å². The normalized spacial score (nSPS) is 12.1. The molecule has 0 fully saturated rings. The standard InChI is InChI=1S/C11H14F3N5/c1-10(2,3)6-19(16)9-17-7(5-15)4-8(18-9)11(12,13)14/h4H,6,16H2,1-3H3. The van der Waals surface area contributed by atoms with Gasteiger partial charge < -0.3 is 0 Å². The Kier molecular flexibility index (Phi) is 4.00. The van der Waals surface area contributed by atoms with Gasteiger partial charge in [0.05, 0.1) is 0 Å². The molecule has 0 aliphatic heterocycles. The van der Waals surface area contributed by atoms with Crippen LogP contribution in [0.4, 0.5) is 19.1 Å². The molecule has 0 saturated carbocycles. The zero-order valence-corrected chi connectivity index (χ0v) is 10.8. The third-order valence-corrected chi connectivity index (χ3v) is 2.02. The van der Waals surface area contributed by atoms with Gasteiger partial charge in [0, 0.05) is 12.6 Å². The van der Waals surface area contributed by atoms with E-state index in [0.717, 1.165) is 5.01 Å². The Hall–Kier alpha value is -1.88. The van der Waals surface area contributed by atoms with E-state index >= 15 is 0 Å². The number of aromatic nitrogens is 2. The minimum absolute atomic E-state index is 0.249. The number of hydrogen-bond donors (Lipinski definition) is 1. The van der Waals surface area contributed by atoms with Crippen LogP contribution in [-0.4, -0.2) is 16.5 Å². The number of rotatable bonds is 2. The van der Waals surface area contributed by atoms with Gasteiger partial charge in [-0.25, -0.2) is 15.8 Å². The molecular formula is C11H14F3N5. The molecule has 0 saturated heterocycles. The lowest BCUT2D eigenvalue weighted by Crippen LogP contribution is -2.40. The molecule has 0 spiro atoms. The Balaban J connectivity index is 3.18. The zero-order valence-electron chi connectivity index (χ0n) is 10.8. The molecule has 0 radical (unpaired) electrons. The fourth-order valence-corrected chi connectivity index (χ4v) is 1.35. The molecule has 1 aromatic heterocycles. The van der Waals surface area contributed by atoms with Crippen molar-refractivity contribution >= 4 is 5.95 Å². The summed E-state index contributed by atoms with van der Waals surface area (Å²) in [6.07, 6.45) is -4.65. The molecule has 104 valence electrons. The molecule has 0 aliphatic rings. The summed E-state index contributed by atoms with van der Waals surface area (Å²) < 4.78 is 37.9. The van der Waals surface area contributed by atoms with Gasteiger partial charge in [-0.3, -0.25) is 5.01 Å². The third-order valence-electron chi connectivity index (χ3n) is 2.02. The van der Waals surface area contributed by atoms with Crippen molar-refractivity contribution in [2.45, 2.75) is 26.9 Å². The maximum atomic E-state index is 12.6. The molecule has 5 nitrogen and oxygen atoms in total. The number of anilines is 1. The van der Waals surface area contributed by atoms with E-state index in [2.05, 4.69) is 9.97 Å². The quantitative estimate of drug-likeness (QED) is 0.659. The monoisotopic (exact) mass is 273 g/mol. The van der Waals surface area contributed by atoms with Crippen LogP contribution in [0.1, 0.15) is 32.2 Å². The Morgan fingerprint density at radius 1 is 1.32 bits per heavy atom. The summed E-state index contributed by atoms with van der Waals surface area (Å²) in [6, 6.07) is 2.16. The van der Waals surface area contributed by atoms with E-state index in [9.17, 15) is 13.2 Å². The van der Waals surface area contributed by atoms with Crippen molar-refractivity contribution in [3.63, 3.8) is 0 Å². The first kappa shape index (κ1) is 15.2.